The molecule has 1 unspecified atom stereocenters. The van der Waals surface area contributed by atoms with Crippen LogP contribution in [0.4, 0.5) is 18.0 Å². The normalized spacial score (nSPS) is 28.4. The van der Waals surface area contributed by atoms with Crippen LogP contribution in [0.5, 0.6) is 0 Å². The van der Waals surface area contributed by atoms with Gasteiger partial charge in [0.15, 0.2) is 11.6 Å². The fourth-order valence-corrected chi connectivity index (χ4v) is 2.40. The zero-order valence-corrected chi connectivity index (χ0v) is 11.2. The van der Waals surface area contributed by atoms with Crippen molar-refractivity contribution in [3.63, 3.8) is 0 Å². The van der Waals surface area contributed by atoms with Crippen LogP contribution in [0.3, 0.4) is 0 Å². The summed E-state index contributed by atoms with van der Waals surface area (Å²) in [6.45, 7) is -0.544. The SMILES string of the molecule is O=C(O)N[C@H]1CC(CO)CO[C@]1(O)c1cc(F)c(F)cc1F. The summed E-state index contributed by atoms with van der Waals surface area (Å²) < 4.78 is 45.3. The van der Waals surface area contributed by atoms with Crippen LogP contribution in [0.15, 0.2) is 12.1 Å². The number of hydrogen-bond acceptors (Lipinski definition) is 4. The van der Waals surface area contributed by atoms with Crippen molar-refractivity contribution in [1.29, 1.82) is 0 Å². The van der Waals surface area contributed by atoms with E-state index >= 15 is 0 Å². The van der Waals surface area contributed by atoms with E-state index in [9.17, 15) is 23.1 Å². The number of rotatable bonds is 3. The summed E-state index contributed by atoms with van der Waals surface area (Å²) in [7, 11) is 0. The molecule has 1 saturated heterocycles. The average molecular weight is 321 g/mol. The molecule has 3 atom stereocenters. The summed E-state index contributed by atoms with van der Waals surface area (Å²) in [5.74, 6) is -7.14. The fraction of sp³-hybridized carbons (Fsp3) is 0.462. The van der Waals surface area contributed by atoms with Crippen LogP contribution < -0.4 is 5.32 Å². The molecule has 4 N–H and O–H groups in total. The lowest BCUT2D eigenvalue weighted by atomic mass is 9.87. The monoisotopic (exact) mass is 321 g/mol. The summed E-state index contributed by atoms with van der Waals surface area (Å²) in [4.78, 5) is 10.8. The molecule has 1 aliphatic heterocycles. The van der Waals surface area contributed by atoms with Crippen molar-refractivity contribution in [1.82, 2.24) is 5.32 Å². The van der Waals surface area contributed by atoms with Gasteiger partial charge >= 0.3 is 6.09 Å². The van der Waals surface area contributed by atoms with Crippen molar-refractivity contribution < 1.29 is 38.0 Å². The van der Waals surface area contributed by atoms with Crippen molar-refractivity contribution >= 4 is 6.09 Å². The van der Waals surface area contributed by atoms with E-state index in [1.165, 1.54) is 0 Å². The van der Waals surface area contributed by atoms with Gasteiger partial charge in [-0.25, -0.2) is 18.0 Å². The smallest absolute Gasteiger partial charge is 0.405 e. The Bertz CT molecular complexity index is 585. The largest absolute Gasteiger partial charge is 0.465 e. The highest BCUT2D eigenvalue weighted by atomic mass is 19.2. The highest BCUT2D eigenvalue weighted by Crippen LogP contribution is 2.37. The zero-order chi connectivity index (χ0) is 16.5. The van der Waals surface area contributed by atoms with E-state index in [0.717, 1.165) is 0 Å². The van der Waals surface area contributed by atoms with E-state index in [-0.39, 0.29) is 25.7 Å². The van der Waals surface area contributed by atoms with E-state index in [1.807, 2.05) is 5.32 Å². The first-order valence-electron chi connectivity index (χ1n) is 6.39. The van der Waals surface area contributed by atoms with Crippen LogP contribution in [0.1, 0.15) is 12.0 Å². The molecule has 0 radical (unpaired) electrons. The molecule has 0 bridgehead atoms. The summed E-state index contributed by atoms with van der Waals surface area (Å²) in [5, 5.41) is 30.3. The number of carboxylic acid groups (broad SMARTS) is 1. The number of aliphatic hydroxyl groups excluding tert-OH is 1. The minimum absolute atomic E-state index is 0.0717. The lowest BCUT2D eigenvalue weighted by molar-refractivity contribution is -0.263. The topological polar surface area (TPSA) is 99.0 Å². The second kappa shape index (κ2) is 6.11. The van der Waals surface area contributed by atoms with E-state index in [1.54, 1.807) is 0 Å². The third-order valence-electron chi connectivity index (χ3n) is 3.53. The molecule has 1 aromatic rings. The number of hydrogen-bond donors (Lipinski definition) is 4. The number of ether oxygens (including phenoxy) is 1. The van der Waals surface area contributed by atoms with Gasteiger partial charge in [0.05, 0.1) is 18.2 Å². The zero-order valence-electron chi connectivity index (χ0n) is 11.2. The standard InChI is InChI=1S/C13H14F3NO5/c14-8-3-10(16)9(15)2-7(8)13(21)11(17-12(19)20)1-6(4-18)5-22-13/h2-3,6,11,17-18,21H,1,4-5H2,(H,19,20)/t6?,11-,13+/m0/s1. The van der Waals surface area contributed by atoms with E-state index < -0.39 is 46.9 Å². The Morgan fingerprint density at radius 1 is 1.32 bits per heavy atom. The van der Waals surface area contributed by atoms with Gasteiger partial charge in [-0.05, 0) is 12.5 Å². The Balaban J connectivity index is 2.44. The third kappa shape index (κ3) is 3.01. The van der Waals surface area contributed by atoms with Crippen LogP contribution in [0.2, 0.25) is 0 Å². The summed E-state index contributed by atoms with van der Waals surface area (Å²) in [5.41, 5.74) is -0.721. The van der Waals surface area contributed by atoms with Gasteiger partial charge in [-0.2, -0.15) is 0 Å². The Labute approximate surface area is 123 Å². The summed E-state index contributed by atoms with van der Waals surface area (Å²) in [6.07, 6.45) is -1.59. The number of benzene rings is 1. The van der Waals surface area contributed by atoms with Crippen LogP contribution in [0.25, 0.3) is 0 Å². The molecule has 22 heavy (non-hydrogen) atoms. The van der Waals surface area contributed by atoms with Crippen LogP contribution in [0, 0.1) is 23.4 Å². The molecule has 1 aromatic carbocycles. The quantitative estimate of drug-likeness (QED) is 0.620. The van der Waals surface area contributed by atoms with Gasteiger partial charge in [0, 0.05) is 18.6 Å². The highest BCUT2D eigenvalue weighted by molar-refractivity contribution is 5.65. The van der Waals surface area contributed by atoms with Gasteiger partial charge in [0.2, 0.25) is 5.79 Å². The molecule has 1 amide bonds. The second-order valence-corrected chi connectivity index (χ2v) is 5.04. The molecule has 0 aromatic heterocycles. The molecule has 1 fully saturated rings. The van der Waals surface area contributed by atoms with Crippen molar-refractivity contribution in [2.24, 2.45) is 5.92 Å². The molecular weight excluding hydrogens is 307 g/mol. The number of aliphatic hydroxyl groups is 2. The molecule has 1 aliphatic rings. The maximum Gasteiger partial charge on any atom is 0.405 e. The lowest BCUT2D eigenvalue weighted by Gasteiger charge is -2.42. The molecule has 0 saturated carbocycles. The Hall–Kier alpha value is -1.84. The molecule has 0 spiro atoms. The van der Waals surface area contributed by atoms with E-state index in [0.29, 0.717) is 6.07 Å². The van der Waals surface area contributed by atoms with Gasteiger partial charge in [0.1, 0.15) is 5.82 Å². The fourth-order valence-electron chi connectivity index (χ4n) is 2.40. The van der Waals surface area contributed by atoms with Gasteiger partial charge in [-0.15, -0.1) is 0 Å². The van der Waals surface area contributed by atoms with E-state index in [4.69, 9.17) is 14.9 Å². The predicted octanol–water partition coefficient (Wildman–Crippen LogP) is 0.914. The minimum atomic E-state index is -2.51. The van der Waals surface area contributed by atoms with Gasteiger partial charge in [-0.3, -0.25) is 0 Å². The lowest BCUT2D eigenvalue weighted by Crippen LogP contribution is -2.57. The molecule has 9 heteroatoms. The second-order valence-electron chi connectivity index (χ2n) is 5.04. The number of nitrogens with one attached hydrogen (secondary N) is 1. The van der Waals surface area contributed by atoms with Crippen molar-refractivity contribution in [3.8, 4) is 0 Å². The number of halogens is 3. The predicted molar refractivity (Wildman–Crippen MR) is 66.3 cm³/mol. The van der Waals surface area contributed by atoms with Crippen molar-refractivity contribution in [2.75, 3.05) is 13.2 Å². The molecule has 1 heterocycles. The van der Waals surface area contributed by atoms with Gasteiger partial charge in [0.25, 0.3) is 0 Å². The first-order valence-corrected chi connectivity index (χ1v) is 6.39. The Kier molecular flexibility index (Phi) is 4.59. The highest BCUT2D eigenvalue weighted by Gasteiger charge is 2.47. The molecule has 0 aliphatic carbocycles. The average Bonchev–Trinajstić information content (AvgIpc) is 2.44. The summed E-state index contributed by atoms with van der Waals surface area (Å²) in [6, 6.07) is -0.710. The van der Waals surface area contributed by atoms with Gasteiger partial charge < -0.3 is 25.4 Å². The van der Waals surface area contributed by atoms with Gasteiger partial charge in [-0.1, -0.05) is 0 Å². The number of carbonyl (C=O) groups is 1. The van der Waals surface area contributed by atoms with Crippen molar-refractivity contribution in [2.45, 2.75) is 18.2 Å². The molecular formula is C13H14F3NO5. The minimum Gasteiger partial charge on any atom is -0.465 e. The first kappa shape index (κ1) is 16.5. The van der Waals surface area contributed by atoms with Crippen LogP contribution >= 0.6 is 0 Å². The maximum absolute atomic E-state index is 13.9. The number of amides is 1. The Morgan fingerprint density at radius 3 is 2.55 bits per heavy atom. The molecule has 2 rings (SSSR count). The van der Waals surface area contributed by atoms with Crippen LogP contribution in [-0.2, 0) is 10.5 Å². The third-order valence-corrected chi connectivity index (χ3v) is 3.53. The molecule has 6 nitrogen and oxygen atoms in total. The maximum atomic E-state index is 13.9. The summed E-state index contributed by atoms with van der Waals surface area (Å²) >= 11 is 0. The van der Waals surface area contributed by atoms with Crippen LogP contribution in [-0.4, -0.2) is 40.7 Å². The van der Waals surface area contributed by atoms with E-state index in [2.05, 4.69) is 0 Å². The Morgan fingerprint density at radius 2 is 1.95 bits per heavy atom. The first-order chi connectivity index (χ1) is 10.3. The molecule has 122 valence electrons. The van der Waals surface area contributed by atoms with Crippen molar-refractivity contribution in [3.05, 3.63) is 35.1 Å².